The van der Waals surface area contributed by atoms with Crippen LogP contribution in [0.4, 0.5) is 0 Å². The van der Waals surface area contributed by atoms with Gasteiger partial charge in [0.25, 0.3) is 5.91 Å². The molecule has 126 valence electrons. The van der Waals surface area contributed by atoms with Gasteiger partial charge in [-0.2, -0.15) is 0 Å². The second kappa shape index (κ2) is 8.55. The number of hydrogen-bond donors (Lipinski definition) is 2. The molecule has 2 amide bonds. The molecule has 4 nitrogen and oxygen atoms in total. The molecule has 0 heterocycles. The summed E-state index contributed by atoms with van der Waals surface area (Å²) in [6, 6.07) is 15.4. The molecule has 0 saturated carbocycles. The second-order valence-corrected chi connectivity index (χ2v) is 6.56. The molecule has 0 aliphatic heterocycles. The van der Waals surface area contributed by atoms with Crippen LogP contribution >= 0.6 is 11.8 Å². The van der Waals surface area contributed by atoms with Crippen molar-refractivity contribution in [1.82, 2.24) is 5.32 Å². The summed E-state index contributed by atoms with van der Waals surface area (Å²) in [7, 11) is 0. The fraction of sp³-hybridized carbons (Fsp3) is 0.263. The highest BCUT2D eigenvalue weighted by atomic mass is 32.2. The van der Waals surface area contributed by atoms with Gasteiger partial charge in [-0.3, -0.25) is 9.59 Å². The van der Waals surface area contributed by atoms with Crippen LogP contribution in [0.3, 0.4) is 0 Å². The second-order valence-electron chi connectivity index (χ2n) is 5.54. The van der Waals surface area contributed by atoms with Crippen molar-refractivity contribution in [2.24, 2.45) is 5.73 Å². The van der Waals surface area contributed by atoms with Gasteiger partial charge in [-0.15, -0.1) is 11.8 Å². The molecular weight excluding hydrogens is 320 g/mol. The van der Waals surface area contributed by atoms with Crippen molar-refractivity contribution in [3.8, 4) is 0 Å². The lowest BCUT2D eigenvalue weighted by Gasteiger charge is -2.16. The Balaban J connectivity index is 2.09. The standard InChI is InChI=1S/C19H22N2O2S/c1-3-14-8-10-15(11-9-14)13(2)21-19(23)16-6-4-5-7-17(16)24-12-18(20)22/h4-11,13H,3,12H2,1-2H3,(H2,20,22)(H,21,23). The SMILES string of the molecule is CCc1ccc(C(C)NC(=O)c2ccccc2SCC(N)=O)cc1. The van der Waals surface area contributed by atoms with Crippen LogP contribution in [0.5, 0.6) is 0 Å². The lowest BCUT2D eigenvalue weighted by Crippen LogP contribution is -2.27. The molecule has 3 N–H and O–H groups in total. The number of nitrogens with two attached hydrogens (primary N) is 1. The molecule has 0 bridgehead atoms. The largest absolute Gasteiger partial charge is 0.369 e. The zero-order chi connectivity index (χ0) is 17.5. The average molecular weight is 342 g/mol. The number of nitrogens with one attached hydrogen (secondary N) is 1. The van der Waals surface area contributed by atoms with Crippen molar-refractivity contribution in [3.63, 3.8) is 0 Å². The van der Waals surface area contributed by atoms with E-state index in [-0.39, 0.29) is 17.7 Å². The van der Waals surface area contributed by atoms with Crippen molar-refractivity contribution in [2.75, 3.05) is 5.75 Å². The topological polar surface area (TPSA) is 72.2 Å². The van der Waals surface area contributed by atoms with E-state index in [9.17, 15) is 9.59 Å². The van der Waals surface area contributed by atoms with Gasteiger partial charge in [-0.1, -0.05) is 43.3 Å². The molecule has 0 spiro atoms. The van der Waals surface area contributed by atoms with Gasteiger partial charge >= 0.3 is 0 Å². The van der Waals surface area contributed by atoms with Gasteiger partial charge in [0.2, 0.25) is 5.91 Å². The third-order valence-corrected chi connectivity index (χ3v) is 4.83. The molecule has 0 saturated heterocycles. The van der Waals surface area contributed by atoms with Crippen LogP contribution in [0.25, 0.3) is 0 Å². The van der Waals surface area contributed by atoms with E-state index in [1.165, 1.54) is 17.3 Å². The fourth-order valence-corrected chi connectivity index (χ4v) is 3.12. The van der Waals surface area contributed by atoms with Gasteiger partial charge in [0, 0.05) is 4.90 Å². The van der Waals surface area contributed by atoms with Gasteiger partial charge in [0.05, 0.1) is 17.4 Å². The van der Waals surface area contributed by atoms with Crippen LogP contribution in [0.2, 0.25) is 0 Å². The number of thioether (sulfide) groups is 1. The number of amides is 2. The fourth-order valence-electron chi connectivity index (χ4n) is 2.33. The van der Waals surface area contributed by atoms with Crippen LogP contribution in [0.15, 0.2) is 53.4 Å². The summed E-state index contributed by atoms with van der Waals surface area (Å²) >= 11 is 1.28. The molecule has 1 unspecified atom stereocenters. The minimum Gasteiger partial charge on any atom is -0.369 e. The Morgan fingerprint density at radius 2 is 1.79 bits per heavy atom. The summed E-state index contributed by atoms with van der Waals surface area (Å²) in [4.78, 5) is 24.3. The molecule has 0 radical (unpaired) electrons. The van der Waals surface area contributed by atoms with E-state index in [4.69, 9.17) is 5.73 Å². The lowest BCUT2D eigenvalue weighted by molar-refractivity contribution is -0.115. The van der Waals surface area contributed by atoms with Crippen molar-refractivity contribution < 1.29 is 9.59 Å². The maximum atomic E-state index is 12.6. The minimum absolute atomic E-state index is 0.0994. The lowest BCUT2D eigenvalue weighted by atomic mass is 10.0. The summed E-state index contributed by atoms with van der Waals surface area (Å²) in [6.45, 7) is 4.07. The number of hydrogen-bond acceptors (Lipinski definition) is 3. The van der Waals surface area contributed by atoms with E-state index in [0.29, 0.717) is 5.56 Å². The molecule has 24 heavy (non-hydrogen) atoms. The Bertz CT molecular complexity index is 714. The number of rotatable bonds is 7. The smallest absolute Gasteiger partial charge is 0.252 e. The zero-order valence-corrected chi connectivity index (χ0v) is 14.7. The van der Waals surface area contributed by atoms with Gasteiger partial charge in [0.1, 0.15) is 0 Å². The normalized spacial score (nSPS) is 11.8. The van der Waals surface area contributed by atoms with E-state index >= 15 is 0 Å². The van der Waals surface area contributed by atoms with Crippen LogP contribution in [-0.2, 0) is 11.2 Å². The van der Waals surface area contributed by atoms with Crippen molar-refractivity contribution in [3.05, 3.63) is 65.2 Å². The highest BCUT2D eigenvalue weighted by molar-refractivity contribution is 8.00. The number of carbonyl (C=O) groups excluding carboxylic acids is 2. The predicted molar refractivity (Wildman–Crippen MR) is 98.1 cm³/mol. The van der Waals surface area contributed by atoms with E-state index in [1.54, 1.807) is 6.07 Å². The van der Waals surface area contributed by atoms with Crippen molar-refractivity contribution in [2.45, 2.75) is 31.2 Å². The summed E-state index contributed by atoms with van der Waals surface area (Å²) in [5, 5.41) is 3.01. The van der Waals surface area contributed by atoms with Crippen molar-refractivity contribution in [1.29, 1.82) is 0 Å². The van der Waals surface area contributed by atoms with Crippen LogP contribution < -0.4 is 11.1 Å². The predicted octanol–water partition coefficient (Wildman–Crippen LogP) is 3.32. The van der Waals surface area contributed by atoms with Crippen LogP contribution in [0.1, 0.15) is 41.4 Å². The average Bonchev–Trinajstić information content (AvgIpc) is 2.60. The molecule has 5 heteroatoms. The molecular formula is C19H22N2O2S. The molecule has 0 aliphatic rings. The maximum Gasteiger partial charge on any atom is 0.252 e. The molecule has 0 fully saturated rings. The molecule has 2 aromatic carbocycles. The van der Waals surface area contributed by atoms with Crippen LogP contribution in [-0.4, -0.2) is 17.6 Å². The summed E-state index contributed by atoms with van der Waals surface area (Å²) < 4.78 is 0. The van der Waals surface area contributed by atoms with Crippen molar-refractivity contribution >= 4 is 23.6 Å². The Labute approximate surface area is 146 Å². The molecule has 2 aromatic rings. The minimum atomic E-state index is -0.403. The molecule has 2 rings (SSSR count). The first kappa shape index (κ1) is 18.1. The Kier molecular flexibility index (Phi) is 6.44. The first-order valence-corrected chi connectivity index (χ1v) is 8.89. The molecule has 1 atom stereocenters. The number of aryl methyl sites for hydroxylation is 1. The summed E-state index contributed by atoms with van der Waals surface area (Å²) in [6.07, 6.45) is 0.992. The first-order chi connectivity index (χ1) is 11.5. The highest BCUT2D eigenvalue weighted by Crippen LogP contribution is 2.23. The monoisotopic (exact) mass is 342 g/mol. The third-order valence-electron chi connectivity index (χ3n) is 3.74. The number of carbonyl (C=O) groups is 2. The van der Waals surface area contributed by atoms with E-state index in [2.05, 4.69) is 24.4 Å². The van der Waals surface area contributed by atoms with Crippen LogP contribution in [0, 0.1) is 0 Å². The van der Waals surface area contributed by atoms with E-state index < -0.39 is 5.91 Å². The molecule has 0 aromatic heterocycles. The maximum absolute atomic E-state index is 12.6. The summed E-state index contributed by atoms with van der Waals surface area (Å²) in [5.41, 5.74) is 8.07. The van der Waals surface area contributed by atoms with E-state index in [1.807, 2.05) is 37.3 Å². The Morgan fingerprint density at radius 3 is 2.42 bits per heavy atom. The Hall–Kier alpha value is -2.27. The third kappa shape index (κ3) is 4.86. The Morgan fingerprint density at radius 1 is 1.12 bits per heavy atom. The quantitative estimate of drug-likeness (QED) is 0.758. The van der Waals surface area contributed by atoms with E-state index in [0.717, 1.165) is 16.9 Å². The first-order valence-electron chi connectivity index (χ1n) is 7.91. The molecule has 0 aliphatic carbocycles. The zero-order valence-electron chi connectivity index (χ0n) is 13.9. The van der Waals surface area contributed by atoms with Gasteiger partial charge in [-0.05, 0) is 36.6 Å². The van der Waals surface area contributed by atoms with Gasteiger partial charge in [-0.25, -0.2) is 0 Å². The summed E-state index contributed by atoms with van der Waals surface area (Å²) in [5.74, 6) is -0.410. The number of primary amides is 1. The van der Waals surface area contributed by atoms with Gasteiger partial charge < -0.3 is 11.1 Å². The van der Waals surface area contributed by atoms with Gasteiger partial charge in [0.15, 0.2) is 0 Å². The highest BCUT2D eigenvalue weighted by Gasteiger charge is 2.15. The number of benzene rings is 2.